The Hall–Kier alpha value is -2.86. The van der Waals surface area contributed by atoms with Gasteiger partial charge in [0.25, 0.3) is 0 Å². The van der Waals surface area contributed by atoms with Crippen LogP contribution in [0.3, 0.4) is 0 Å². The second-order valence-corrected chi connectivity index (χ2v) is 8.19. The van der Waals surface area contributed by atoms with E-state index in [0.717, 1.165) is 17.5 Å². The van der Waals surface area contributed by atoms with Crippen molar-refractivity contribution in [1.29, 1.82) is 0 Å². The van der Waals surface area contributed by atoms with Crippen LogP contribution in [-0.4, -0.2) is 42.0 Å². The van der Waals surface area contributed by atoms with E-state index in [0.29, 0.717) is 13.0 Å². The highest BCUT2D eigenvalue weighted by Crippen LogP contribution is 2.49. The van der Waals surface area contributed by atoms with Crippen LogP contribution in [0.25, 0.3) is 11.1 Å². The summed E-state index contributed by atoms with van der Waals surface area (Å²) in [6, 6.07) is 16.3. The highest BCUT2D eigenvalue weighted by Gasteiger charge is 2.58. The largest absolute Gasteiger partial charge is 0.481 e. The van der Waals surface area contributed by atoms with E-state index in [4.69, 9.17) is 9.47 Å². The fraction of sp³-hybridized carbons (Fsp3) is 0.391. The Morgan fingerprint density at radius 3 is 2.38 bits per heavy atom. The van der Waals surface area contributed by atoms with Crippen molar-refractivity contribution in [1.82, 2.24) is 5.32 Å². The Labute approximate surface area is 168 Å². The Morgan fingerprint density at radius 2 is 1.76 bits per heavy atom. The van der Waals surface area contributed by atoms with E-state index in [1.165, 1.54) is 11.1 Å². The molecule has 150 valence electrons. The lowest BCUT2D eigenvalue weighted by molar-refractivity contribution is -0.143. The Kier molecular flexibility index (Phi) is 4.32. The average molecular weight is 393 g/mol. The summed E-state index contributed by atoms with van der Waals surface area (Å²) in [5.41, 5.74) is 3.87. The van der Waals surface area contributed by atoms with Crippen LogP contribution in [-0.2, 0) is 14.3 Å². The number of carboxylic acids is 1. The molecule has 2 aromatic rings. The summed E-state index contributed by atoms with van der Waals surface area (Å²) < 4.78 is 11.2. The monoisotopic (exact) mass is 393 g/mol. The standard InChI is InChI=1S/C23H23NO5/c25-21(26)12-23(11-20-19(23)9-10-28-20)24-22(27)29-13-18-16-7-3-1-5-14(16)15-6-2-4-8-17(15)18/h1-8,18-20H,9-13H2,(H,24,27)(H,25,26). The number of aliphatic carboxylic acids is 1. The number of alkyl carbamates (subject to hydrolysis) is 1. The maximum Gasteiger partial charge on any atom is 0.407 e. The van der Waals surface area contributed by atoms with Crippen molar-refractivity contribution in [2.75, 3.05) is 13.2 Å². The van der Waals surface area contributed by atoms with Gasteiger partial charge in [-0.2, -0.15) is 0 Å². The molecule has 1 amide bonds. The minimum atomic E-state index is -0.922. The van der Waals surface area contributed by atoms with Gasteiger partial charge in [0.2, 0.25) is 0 Å². The van der Waals surface area contributed by atoms with Gasteiger partial charge in [0.1, 0.15) is 6.61 Å². The lowest BCUT2D eigenvalue weighted by Crippen LogP contribution is -2.66. The van der Waals surface area contributed by atoms with Gasteiger partial charge in [0.05, 0.1) is 18.1 Å². The first kappa shape index (κ1) is 18.2. The summed E-state index contributed by atoms with van der Waals surface area (Å²) in [6.07, 6.45) is 0.666. The van der Waals surface area contributed by atoms with Crippen molar-refractivity contribution in [3.05, 3.63) is 59.7 Å². The van der Waals surface area contributed by atoms with Gasteiger partial charge in [-0.05, 0) is 35.1 Å². The molecule has 1 saturated carbocycles. The molecule has 0 spiro atoms. The van der Waals surface area contributed by atoms with Crippen LogP contribution in [0.4, 0.5) is 4.79 Å². The Balaban J connectivity index is 1.30. The number of benzene rings is 2. The maximum atomic E-state index is 12.6. The van der Waals surface area contributed by atoms with Crippen LogP contribution in [0.15, 0.2) is 48.5 Å². The zero-order chi connectivity index (χ0) is 20.0. The Bertz CT molecular complexity index is 928. The minimum absolute atomic E-state index is 0.0208. The summed E-state index contributed by atoms with van der Waals surface area (Å²) >= 11 is 0. The van der Waals surface area contributed by atoms with E-state index in [1.54, 1.807) is 0 Å². The molecular formula is C23H23NO5. The van der Waals surface area contributed by atoms with E-state index >= 15 is 0 Å². The van der Waals surface area contributed by atoms with E-state index in [-0.39, 0.29) is 31.0 Å². The van der Waals surface area contributed by atoms with Crippen molar-refractivity contribution in [3.8, 4) is 11.1 Å². The van der Waals surface area contributed by atoms with Gasteiger partial charge >= 0.3 is 12.1 Å². The first-order valence-electron chi connectivity index (χ1n) is 10.0. The topological polar surface area (TPSA) is 84.9 Å². The second-order valence-electron chi connectivity index (χ2n) is 8.19. The van der Waals surface area contributed by atoms with Crippen LogP contribution < -0.4 is 5.32 Å². The summed E-state index contributed by atoms with van der Waals surface area (Å²) in [5.74, 6) is -0.902. The van der Waals surface area contributed by atoms with Crippen molar-refractivity contribution >= 4 is 12.1 Å². The highest BCUT2D eigenvalue weighted by molar-refractivity contribution is 5.79. The third-order valence-corrected chi connectivity index (χ3v) is 6.65. The number of hydrogen-bond acceptors (Lipinski definition) is 4. The molecule has 3 atom stereocenters. The number of ether oxygens (including phenoxy) is 2. The molecule has 0 aromatic heterocycles. The van der Waals surface area contributed by atoms with Crippen LogP contribution in [0, 0.1) is 5.92 Å². The molecule has 2 aromatic carbocycles. The number of amides is 1. The van der Waals surface area contributed by atoms with Gasteiger partial charge in [-0.15, -0.1) is 0 Å². The molecule has 0 radical (unpaired) electrons. The first-order chi connectivity index (χ1) is 14.1. The number of carbonyl (C=O) groups excluding carboxylic acids is 1. The summed E-state index contributed by atoms with van der Waals surface area (Å²) in [5, 5.41) is 12.2. The lowest BCUT2D eigenvalue weighted by Gasteiger charge is -2.50. The molecule has 29 heavy (non-hydrogen) atoms. The van der Waals surface area contributed by atoms with E-state index in [9.17, 15) is 14.7 Å². The van der Waals surface area contributed by atoms with Crippen molar-refractivity contribution in [2.24, 2.45) is 5.92 Å². The van der Waals surface area contributed by atoms with Crippen LogP contribution in [0.1, 0.15) is 36.3 Å². The number of carbonyl (C=O) groups is 2. The molecule has 2 N–H and O–H groups in total. The average Bonchev–Trinajstić information content (AvgIpc) is 3.24. The number of rotatable bonds is 5. The Morgan fingerprint density at radius 1 is 1.10 bits per heavy atom. The van der Waals surface area contributed by atoms with Gasteiger partial charge < -0.3 is 19.9 Å². The zero-order valence-electron chi connectivity index (χ0n) is 16.0. The van der Waals surface area contributed by atoms with Crippen molar-refractivity contribution < 1.29 is 24.2 Å². The number of carboxylic acid groups (broad SMARTS) is 1. The molecule has 2 aliphatic carbocycles. The third-order valence-electron chi connectivity index (χ3n) is 6.65. The predicted octanol–water partition coefficient (Wildman–Crippen LogP) is 3.55. The quantitative estimate of drug-likeness (QED) is 0.812. The third kappa shape index (κ3) is 2.99. The number of fused-ring (bicyclic) bond motifs is 4. The van der Waals surface area contributed by atoms with Gasteiger partial charge in [-0.3, -0.25) is 4.79 Å². The molecule has 6 heteroatoms. The van der Waals surface area contributed by atoms with Crippen molar-refractivity contribution in [3.63, 3.8) is 0 Å². The normalized spacial score (nSPS) is 26.8. The molecular weight excluding hydrogens is 370 g/mol. The molecule has 2 fully saturated rings. The molecule has 6 nitrogen and oxygen atoms in total. The molecule has 1 aliphatic heterocycles. The van der Waals surface area contributed by atoms with Crippen LogP contribution in [0.2, 0.25) is 0 Å². The summed E-state index contributed by atoms with van der Waals surface area (Å²) in [7, 11) is 0. The number of hydrogen-bond donors (Lipinski definition) is 2. The highest BCUT2D eigenvalue weighted by atomic mass is 16.5. The molecule has 5 rings (SSSR count). The van der Waals surface area contributed by atoms with E-state index in [1.807, 2.05) is 24.3 Å². The van der Waals surface area contributed by atoms with Gasteiger partial charge in [0, 0.05) is 18.4 Å². The van der Waals surface area contributed by atoms with Gasteiger partial charge in [-0.25, -0.2) is 4.79 Å². The lowest BCUT2D eigenvalue weighted by atomic mass is 9.62. The molecule has 1 saturated heterocycles. The first-order valence-corrected chi connectivity index (χ1v) is 10.0. The van der Waals surface area contributed by atoms with Crippen LogP contribution >= 0.6 is 0 Å². The molecule has 3 aliphatic rings. The van der Waals surface area contributed by atoms with Gasteiger partial charge in [0.15, 0.2) is 0 Å². The van der Waals surface area contributed by atoms with Crippen molar-refractivity contribution in [2.45, 2.75) is 36.8 Å². The van der Waals surface area contributed by atoms with Crippen LogP contribution in [0.5, 0.6) is 0 Å². The second kappa shape index (κ2) is 6.88. The predicted molar refractivity (Wildman–Crippen MR) is 106 cm³/mol. The summed E-state index contributed by atoms with van der Waals surface area (Å²) in [6.45, 7) is 0.830. The SMILES string of the molecule is O=C(O)CC1(NC(=O)OCC2c3ccccc3-c3ccccc32)CC2OCCC21. The maximum absolute atomic E-state index is 12.6. The zero-order valence-corrected chi connectivity index (χ0v) is 16.0. The summed E-state index contributed by atoms with van der Waals surface area (Å²) in [4.78, 5) is 24.0. The fourth-order valence-electron chi connectivity index (χ4n) is 5.33. The molecule has 1 heterocycles. The molecule has 3 unspecified atom stereocenters. The molecule has 0 bridgehead atoms. The van der Waals surface area contributed by atoms with E-state index in [2.05, 4.69) is 29.6 Å². The smallest absolute Gasteiger partial charge is 0.407 e. The van der Waals surface area contributed by atoms with Gasteiger partial charge in [-0.1, -0.05) is 48.5 Å². The number of nitrogens with one attached hydrogen (secondary N) is 1. The minimum Gasteiger partial charge on any atom is -0.481 e. The van der Waals surface area contributed by atoms with E-state index < -0.39 is 17.6 Å². The fourth-order valence-corrected chi connectivity index (χ4v) is 5.33.